The van der Waals surface area contributed by atoms with Crippen LogP contribution in [0.3, 0.4) is 0 Å². The van der Waals surface area contributed by atoms with Gasteiger partial charge in [0.15, 0.2) is 0 Å². The van der Waals surface area contributed by atoms with E-state index < -0.39 is 10.1 Å². The predicted octanol–water partition coefficient (Wildman–Crippen LogP) is 6.11. The van der Waals surface area contributed by atoms with Gasteiger partial charge in [-0.15, -0.1) is 0 Å². The van der Waals surface area contributed by atoms with E-state index in [9.17, 15) is 13.0 Å². The van der Waals surface area contributed by atoms with E-state index in [1.807, 2.05) is 24.3 Å². The van der Waals surface area contributed by atoms with Crippen molar-refractivity contribution in [1.29, 1.82) is 0 Å². The lowest BCUT2D eigenvalue weighted by Gasteiger charge is -2.21. The quantitative estimate of drug-likeness (QED) is 0.509. The van der Waals surface area contributed by atoms with Crippen molar-refractivity contribution in [2.75, 3.05) is 0 Å². The van der Waals surface area contributed by atoms with Crippen LogP contribution in [-0.4, -0.2) is 13.0 Å². The third-order valence-electron chi connectivity index (χ3n) is 5.10. The molecule has 0 radical (unpaired) electrons. The van der Waals surface area contributed by atoms with Crippen LogP contribution in [0.1, 0.15) is 76.0 Å². The van der Waals surface area contributed by atoms with Crippen LogP contribution in [-0.2, 0) is 29.4 Å². The molecule has 0 unspecified atom stereocenters. The Balaban J connectivity index is 2.88. The van der Waals surface area contributed by atoms with Gasteiger partial charge in [0.25, 0.3) is 10.1 Å². The number of unbranched alkanes of at least 4 members (excludes halogenated alkanes) is 3. The third kappa shape index (κ3) is 4.66. The fourth-order valence-corrected chi connectivity index (χ4v) is 4.79. The largest absolute Gasteiger partial charge is 0.295 e. The van der Waals surface area contributed by atoms with Crippen LogP contribution in [0.4, 0.5) is 0 Å². The molecule has 0 bridgehead atoms. The number of aryl methyl sites for hydroxylation is 1. The summed E-state index contributed by atoms with van der Waals surface area (Å²) in [6, 6.07) is 7.66. The highest BCUT2D eigenvalue weighted by atomic mass is 32.2. The zero-order valence-corrected chi connectivity index (χ0v) is 17.2. The second-order valence-electron chi connectivity index (χ2n) is 7.10. The van der Waals surface area contributed by atoms with Crippen molar-refractivity contribution >= 4 is 20.9 Å². The average Bonchev–Trinajstić information content (AvgIpc) is 2.61. The Morgan fingerprint density at radius 2 is 1.19 bits per heavy atom. The molecule has 0 spiro atoms. The molecule has 0 aliphatic rings. The molecule has 0 atom stereocenters. The molecule has 0 aliphatic heterocycles. The van der Waals surface area contributed by atoms with Gasteiger partial charge in [-0.25, -0.2) is 0 Å². The Bertz CT molecular complexity index is 838. The summed E-state index contributed by atoms with van der Waals surface area (Å²) >= 11 is 0. The topological polar surface area (TPSA) is 54.4 Å². The van der Waals surface area contributed by atoms with Crippen molar-refractivity contribution in [3.63, 3.8) is 0 Å². The lowest BCUT2D eigenvalue weighted by Crippen LogP contribution is -2.11. The van der Waals surface area contributed by atoms with Gasteiger partial charge in [0, 0.05) is 5.39 Å². The van der Waals surface area contributed by atoms with Gasteiger partial charge >= 0.3 is 0 Å². The van der Waals surface area contributed by atoms with Crippen LogP contribution in [0.25, 0.3) is 10.8 Å². The SMILES string of the molecule is CCCCc1c(CCCC)c(S(=O)(=O)O)c2ccccc2c1CCCC. The Morgan fingerprint density at radius 3 is 1.69 bits per heavy atom. The summed E-state index contributed by atoms with van der Waals surface area (Å²) in [6.45, 7) is 6.44. The average molecular weight is 377 g/mol. The Kier molecular flexibility index (Phi) is 7.66. The Hall–Kier alpha value is -1.39. The van der Waals surface area contributed by atoms with Crippen molar-refractivity contribution in [2.45, 2.75) is 83.5 Å². The van der Waals surface area contributed by atoms with E-state index in [-0.39, 0.29) is 4.90 Å². The summed E-state index contributed by atoms with van der Waals surface area (Å²) in [7, 11) is -4.28. The number of fused-ring (bicyclic) bond motifs is 1. The van der Waals surface area contributed by atoms with Gasteiger partial charge < -0.3 is 0 Å². The first-order valence-corrected chi connectivity index (χ1v) is 11.4. The van der Waals surface area contributed by atoms with E-state index in [1.54, 1.807) is 0 Å². The van der Waals surface area contributed by atoms with Gasteiger partial charge in [-0.05, 0) is 60.6 Å². The smallest absolute Gasteiger partial charge is 0.282 e. The lowest BCUT2D eigenvalue weighted by atomic mass is 9.86. The fraction of sp³-hybridized carbons (Fsp3) is 0.545. The second kappa shape index (κ2) is 9.52. The van der Waals surface area contributed by atoms with Crippen LogP contribution in [0.2, 0.25) is 0 Å². The molecule has 2 aromatic rings. The van der Waals surface area contributed by atoms with Gasteiger partial charge in [-0.2, -0.15) is 8.42 Å². The van der Waals surface area contributed by atoms with E-state index in [0.717, 1.165) is 62.3 Å². The monoisotopic (exact) mass is 376 g/mol. The van der Waals surface area contributed by atoms with Crippen molar-refractivity contribution in [2.24, 2.45) is 0 Å². The molecule has 0 amide bonds. The van der Waals surface area contributed by atoms with Gasteiger partial charge in [0.05, 0.1) is 0 Å². The maximum Gasteiger partial charge on any atom is 0.295 e. The molecule has 0 heterocycles. The van der Waals surface area contributed by atoms with Crippen LogP contribution >= 0.6 is 0 Å². The van der Waals surface area contributed by atoms with E-state index >= 15 is 0 Å². The number of benzene rings is 2. The third-order valence-corrected chi connectivity index (χ3v) is 6.08. The van der Waals surface area contributed by atoms with Gasteiger partial charge in [-0.1, -0.05) is 64.3 Å². The maximum atomic E-state index is 12.3. The van der Waals surface area contributed by atoms with Crippen LogP contribution in [0, 0.1) is 0 Å². The number of rotatable bonds is 10. The molecule has 0 saturated carbocycles. The molecular weight excluding hydrogens is 344 g/mol. The van der Waals surface area contributed by atoms with Crippen molar-refractivity contribution in [1.82, 2.24) is 0 Å². The molecule has 26 heavy (non-hydrogen) atoms. The summed E-state index contributed by atoms with van der Waals surface area (Å²) < 4.78 is 34.7. The van der Waals surface area contributed by atoms with E-state index in [2.05, 4.69) is 20.8 Å². The number of hydrogen-bond acceptors (Lipinski definition) is 2. The molecule has 1 N–H and O–H groups in total. The molecule has 0 aliphatic carbocycles. The molecule has 2 rings (SSSR count). The molecule has 0 saturated heterocycles. The molecule has 2 aromatic carbocycles. The zero-order valence-electron chi connectivity index (χ0n) is 16.3. The van der Waals surface area contributed by atoms with Crippen LogP contribution in [0.5, 0.6) is 0 Å². The lowest BCUT2D eigenvalue weighted by molar-refractivity contribution is 0.482. The van der Waals surface area contributed by atoms with Gasteiger partial charge in [0.2, 0.25) is 0 Å². The Morgan fingerprint density at radius 1 is 0.731 bits per heavy atom. The predicted molar refractivity (Wildman–Crippen MR) is 110 cm³/mol. The Labute approximate surface area is 158 Å². The minimum absolute atomic E-state index is 0.146. The van der Waals surface area contributed by atoms with Crippen LogP contribution in [0.15, 0.2) is 29.2 Å². The van der Waals surface area contributed by atoms with E-state index in [4.69, 9.17) is 0 Å². The minimum Gasteiger partial charge on any atom is -0.282 e. The van der Waals surface area contributed by atoms with E-state index in [1.165, 1.54) is 11.1 Å². The first-order chi connectivity index (χ1) is 12.5. The van der Waals surface area contributed by atoms with E-state index in [0.29, 0.717) is 11.8 Å². The fourth-order valence-electron chi connectivity index (χ4n) is 3.80. The molecule has 4 heteroatoms. The highest BCUT2D eigenvalue weighted by Crippen LogP contribution is 2.36. The molecular formula is C22H32O3S. The standard InChI is InChI=1S/C22H32O3S/c1-4-7-12-17-18(13-8-5-2)20(14-9-6-3)22(26(23,24)25)21-16-11-10-15-19(17)21/h10-11,15-16H,4-9,12-14H2,1-3H3,(H,23,24,25). The molecule has 0 aromatic heterocycles. The van der Waals surface area contributed by atoms with Crippen molar-refractivity contribution in [3.8, 4) is 0 Å². The number of hydrogen-bond donors (Lipinski definition) is 1. The highest BCUT2D eigenvalue weighted by Gasteiger charge is 2.25. The summed E-state index contributed by atoms with van der Waals surface area (Å²) in [6.07, 6.45) is 8.74. The molecule has 144 valence electrons. The molecule has 3 nitrogen and oxygen atoms in total. The summed E-state index contributed by atoms with van der Waals surface area (Å²) in [5, 5.41) is 1.66. The van der Waals surface area contributed by atoms with Gasteiger partial charge in [0.1, 0.15) is 4.90 Å². The van der Waals surface area contributed by atoms with Crippen LogP contribution < -0.4 is 0 Å². The second-order valence-corrected chi connectivity index (χ2v) is 8.45. The first-order valence-electron chi connectivity index (χ1n) is 9.98. The normalized spacial score (nSPS) is 12.0. The first kappa shape index (κ1) is 20.9. The summed E-state index contributed by atoms with van der Waals surface area (Å²) in [5.74, 6) is 0. The maximum absolute atomic E-state index is 12.3. The summed E-state index contributed by atoms with van der Waals surface area (Å²) in [4.78, 5) is 0.146. The zero-order chi connectivity index (χ0) is 19.2. The minimum atomic E-state index is -4.28. The van der Waals surface area contributed by atoms with Crippen molar-refractivity contribution < 1.29 is 13.0 Å². The van der Waals surface area contributed by atoms with Gasteiger partial charge in [-0.3, -0.25) is 4.55 Å². The molecule has 0 fully saturated rings. The summed E-state index contributed by atoms with van der Waals surface area (Å²) in [5.41, 5.74) is 3.31. The van der Waals surface area contributed by atoms with Crippen molar-refractivity contribution in [3.05, 3.63) is 41.0 Å². The highest BCUT2D eigenvalue weighted by molar-refractivity contribution is 7.86.